The van der Waals surface area contributed by atoms with Gasteiger partial charge in [0.25, 0.3) is 0 Å². The van der Waals surface area contributed by atoms with Gasteiger partial charge in [0.1, 0.15) is 0 Å². The lowest BCUT2D eigenvalue weighted by molar-refractivity contribution is 0.301. The molecule has 0 aliphatic carbocycles. The molecule has 0 amide bonds. The summed E-state index contributed by atoms with van der Waals surface area (Å²) in [7, 11) is 0. The van der Waals surface area contributed by atoms with E-state index in [1.807, 2.05) is 4.90 Å². The van der Waals surface area contributed by atoms with Crippen LogP contribution in [0.1, 0.15) is 32.6 Å². The Hall–Kier alpha value is -1.14. The highest BCUT2D eigenvalue weighted by Crippen LogP contribution is 2.20. The molecule has 1 saturated heterocycles. The number of hydrogen-bond donors (Lipinski definition) is 1. The van der Waals surface area contributed by atoms with E-state index in [1.54, 1.807) is 0 Å². The summed E-state index contributed by atoms with van der Waals surface area (Å²) in [5.41, 5.74) is 0. The van der Waals surface area contributed by atoms with E-state index >= 15 is 0 Å². The molecule has 0 radical (unpaired) electrons. The fraction of sp³-hybridized carbons (Fsp3) is 0.769. The zero-order valence-electron chi connectivity index (χ0n) is 11.9. The van der Waals surface area contributed by atoms with Crippen molar-refractivity contribution in [3.63, 3.8) is 0 Å². The highest BCUT2D eigenvalue weighted by Gasteiger charge is 2.18. The predicted octanol–water partition coefficient (Wildman–Crippen LogP) is 1.72. The first-order chi connectivity index (χ1) is 9.74. The van der Waals surface area contributed by atoms with Crippen molar-refractivity contribution in [1.82, 2.24) is 15.0 Å². The van der Waals surface area contributed by atoms with Gasteiger partial charge in [-0.1, -0.05) is 6.92 Å². The minimum Gasteiger partial charge on any atom is -0.395 e. The summed E-state index contributed by atoms with van der Waals surface area (Å²) in [6.45, 7) is 5.39. The van der Waals surface area contributed by atoms with Gasteiger partial charge in [-0.05, 0) is 37.3 Å². The Bertz CT molecular complexity index is 419. The summed E-state index contributed by atoms with van der Waals surface area (Å²) >= 11 is 6.04. The van der Waals surface area contributed by atoms with Crippen LogP contribution < -0.4 is 9.80 Å². The van der Waals surface area contributed by atoms with Crippen LogP contribution in [0.3, 0.4) is 0 Å². The third-order valence-electron chi connectivity index (χ3n) is 3.37. The number of anilines is 2. The van der Waals surface area contributed by atoms with Gasteiger partial charge < -0.3 is 14.9 Å². The van der Waals surface area contributed by atoms with E-state index in [2.05, 4.69) is 26.8 Å². The molecule has 1 aliphatic rings. The van der Waals surface area contributed by atoms with Crippen LogP contribution >= 0.6 is 11.6 Å². The van der Waals surface area contributed by atoms with E-state index in [9.17, 15) is 0 Å². The second-order valence-corrected chi connectivity index (χ2v) is 5.30. The molecule has 0 unspecified atom stereocenters. The first kappa shape index (κ1) is 15.3. The summed E-state index contributed by atoms with van der Waals surface area (Å²) in [5, 5.41) is 9.37. The molecule has 0 saturated carbocycles. The average Bonchev–Trinajstić information content (AvgIpc) is 2.47. The van der Waals surface area contributed by atoms with Crippen molar-refractivity contribution in [3.8, 4) is 0 Å². The van der Waals surface area contributed by atoms with Gasteiger partial charge in [-0.3, -0.25) is 0 Å². The Balaban J connectivity index is 2.21. The molecule has 1 N–H and O–H groups in total. The van der Waals surface area contributed by atoms with Crippen LogP contribution in [0.2, 0.25) is 5.28 Å². The Labute approximate surface area is 124 Å². The number of nitrogens with zero attached hydrogens (tertiary/aromatic N) is 5. The van der Waals surface area contributed by atoms with Gasteiger partial charge in [0, 0.05) is 26.2 Å². The van der Waals surface area contributed by atoms with Gasteiger partial charge in [0.05, 0.1) is 6.61 Å². The Morgan fingerprint density at radius 1 is 1.15 bits per heavy atom. The predicted molar refractivity (Wildman–Crippen MR) is 80.5 cm³/mol. The minimum absolute atomic E-state index is 0.0718. The van der Waals surface area contributed by atoms with Crippen molar-refractivity contribution in [2.45, 2.75) is 32.6 Å². The Morgan fingerprint density at radius 2 is 1.90 bits per heavy atom. The molecule has 1 fully saturated rings. The second-order valence-electron chi connectivity index (χ2n) is 4.96. The summed E-state index contributed by atoms with van der Waals surface area (Å²) in [6, 6.07) is 0. The second kappa shape index (κ2) is 7.59. The molecule has 2 rings (SSSR count). The Kier molecular flexibility index (Phi) is 5.79. The monoisotopic (exact) mass is 299 g/mol. The number of aliphatic hydroxyl groups excluding tert-OH is 1. The van der Waals surface area contributed by atoms with E-state index in [0.29, 0.717) is 18.4 Å². The molecule has 0 bridgehead atoms. The third kappa shape index (κ3) is 3.93. The molecular formula is C13H22ClN5O. The zero-order valence-corrected chi connectivity index (χ0v) is 12.7. The topological polar surface area (TPSA) is 65.4 Å². The van der Waals surface area contributed by atoms with Gasteiger partial charge in [-0.2, -0.15) is 15.0 Å². The molecule has 0 atom stereocenters. The average molecular weight is 300 g/mol. The van der Waals surface area contributed by atoms with E-state index < -0.39 is 0 Å². The van der Waals surface area contributed by atoms with Crippen molar-refractivity contribution >= 4 is 23.5 Å². The van der Waals surface area contributed by atoms with E-state index in [-0.39, 0.29) is 11.9 Å². The SMILES string of the molecule is CCCN(CCO)c1nc(Cl)nc(N2CCCCC2)n1. The lowest BCUT2D eigenvalue weighted by Crippen LogP contribution is -2.33. The van der Waals surface area contributed by atoms with Crippen molar-refractivity contribution in [3.05, 3.63) is 5.28 Å². The summed E-state index contributed by atoms with van der Waals surface area (Å²) in [6.07, 6.45) is 4.54. The van der Waals surface area contributed by atoms with Crippen LogP contribution in [-0.4, -0.2) is 52.8 Å². The standard InChI is InChI=1S/C13H22ClN5O/c1-2-6-18(9-10-20)12-15-11(14)16-13(17-12)19-7-4-3-5-8-19/h20H,2-10H2,1H3. The fourth-order valence-electron chi connectivity index (χ4n) is 2.41. The van der Waals surface area contributed by atoms with Crippen molar-refractivity contribution in [1.29, 1.82) is 0 Å². The smallest absolute Gasteiger partial charge is 0.231 e. The van der Waals surface area contributed by atoms with Crippen LogP contribution in [0.5, 0.6) is 0 Å². The van der Waals surface area contributed by atoms with Gasteiger partial charge in [0.15, 0.2) is 0 Å². The summed E-state index contributed by atoms with van der Waals surface area (Å²) in [4.78, 5) is 17.1. The number of aromatic nitrogens is 3. The normalized spacial score (nSPS) is 15.4. The molecule has 0 spiro atoms. The summed E-state index contributed by atoms with van der Waals surface area (Å²) in [5.74, 6) is 1.21. The van der Waals surface area contributed by atoms with Crippen molar-refractivity contribution in [2.75, 3.05) is 42.6 Å². The lowest BCUT2D eigenvalue weighted by atomic mass is 10.1. The van der Waals surface area contributed by atoms with E-state index in [0.717, 1.165) is 38.9 Å². The van der Waals surface area contributed by atoms with Crippen LogP contribution in [0.25, 0.3) is 0 Å². The van der Waals surface area contributed by atoms with Gasteiger partial charge in [-0.25, -0.2) is 0 Å². The quantitative estimate of drug-likeness (QED) is 0.863. The number of hydrogen-bond acceptors (Lipinski definition) is 6. The molecular weight excluding hydrogens is 278 g/mol. The van der Waals surface area contributed by atoms with Crippen molar-refractivity contribution < 1.29 is 5.11 Å². The van der Waals surface area contributed by atoms with Gasteiger partial charge in [-0.15, -0.1) is 0 Å². The van der Waals surface area contributed by atoms with Crippen LogP contribution in [0, 0.1) is 0 Å². The number of halogens is 1. The molecule has 7 heteroatoms. The Morgan fingerprint density at radius 3 is 2.55 bits per heavy atom. The molecule has 0 aromatic carbocycles. The maximum Gasteiger partial charge on any atom is 0.231 e. The first-order valence-corrected chi connectivity index (χ1v) is 7.64. The highest BCUT2D eigenvalue weighted by molar-refractivity contribution is 6.28. The lowest BCUT2D eigenvalue weighted by Gasteiger charge is -2.28. The summed E-state index contributed by atoms with van der Waals surface area (Å²) < 4.78 is 0. The zero-order chi connectivity index (χ0) is 14.4. The van der Waals surface area contributed by atoms with Gasteiger partial charge in [0.2, 0.25) is 17.2 Å². The van der Waals surface area contributed by atoms with E-state index in [4.69, 9.17) is 16.7 Å². The highest BCUT2D eigenvalue weighted by atomic mass is 35.5. The maximum atomic E-state index is 9.16. The minimum atomic E-state index is 0.0718. The number of aliphatic hydroxyl groups is 1. The first-order valence-electron chi connectivity index (χ1n) is 7.27. The molecule has 20 heavy (non-hydrogen) atoms. The maximum absolute atomic E-state index is 9.16. The van der Waals surface area contributed by atoms with Crippen LogP contribution in [-0.2, 0) is 0 Å². The molecule has 1 aromatic rings. The van der Waals surface area contributed by atoms with Crippen molar-refractivity contribution in [2.24, 2.45) is 0 Å². The van der Waals surface area contributed by atoms with E-state index in [1.165, 1.54) is 6.42 Å². The van der Waals surface area contributed by atoms with Gasteiger partial charge >= 0.3 is 0 Å². The third-order valence-corrected chi connectivity index (χ3v) is 3.54. The molecule has 6 nitrogen and oxygen atoms in total. The molecule has 112 valence electrons. The number of rotatable bonds is 6. The largest absolute Gasteiger partial charge is 0.395 e. The van der Waals surface area contributed by atoms with Crippen LogP contribution in [0.4, 0.5) is 11.9 Å². The number of piperidine rings is 1. The molecule has 2 heterocycles. The fourth-order valence-corrected chi connectivity index (χ4v) is 2.56. The van der Waals surface area contributed by atoms with Crippen LogP contribution in [0.15, 0.2) is 0 Å². The molecule has 1 aromatic heterocycles. The molecule has 1 aliphatic heterocycles.